The molecule has 4 aromatic rings. The Morgan fingerprint density at radius 2 is 1.67 bits per heavy atom. The van der Waals surface area contributed by atoms with Gasteiger partial charge in [0.15, 0.2) is 0 Å². The van der Waals surface area contributed by atoms with Gasteiger partial charge < -0.3 is 4.90 Å². The van der Waals surface area contributed by atoms with Crippen molar-refractivity contribution in [3.63, 3.8) is 0 Å². The fraction of sp³-hybridized carbons (Fsp3) is 0.182. The van der Waals surface area contributed by atoms with E-state index in [1.807, 2.05) is 66.0 Å². The van der Waals surface area contributed by atoms with Gasteiger partial charge in [0.25, 0.3) is 0 Å². The van der Waals surface area contributed by atoms with E-state index in [4.69, 9.17) is 0 Å². The number of aromatic nitrogens is 4. The molecule has 0 spiro atoms. The van der Waals surface area contributed by atoms with Crippen molar-refractivity contribution in [2.75, 3.05) is 6.54 Å². The number of rotatable bonds is 8. The third-order valence-electron chi connectivity index (χ3n) is 4.72. The quantitative estimate of drug-likeness (QED) is 0.440. The van der Waals surface area contributed by atoms with Crippen molar-refractivity contribution in [1.29, 1.82) is 0 Å². The summed E-state index contributed by atoms with van der Waals surface area (Å²) >= 11 is 1.61. The molecular weight excluding hydrogens is 398 g/mol. The van der Waals surface area contributed by atoms with E-state index in [9.17, 15) is 9.59 Å². The Labute approximate surface area is 177 Å². The van der Waals surface area contributed by atoms with Gasteiger partial charge in [-0.3, -0.25) is 4.79 Å². The molecule has 152 valence electrons. The summed E-state index contributed by atoms with van der Waals surface area (Å²) in [4.78, 5) is 28.6. The van der Waals surface area contributed by atoms with Crippen LogP contribution in [0.4, 0.5) is 0 Å². The lowest BCUT2D eigenvalue weighted by molar-refractivity contribution is -0.132. The predicted molar refractivity (Wildman–Crippen MR) is 116 cm³/mol. The lowest BCUT2D eigenvalue weighted by Crippen LogP contribution is -2.37. The highest BCUT2D eigenvalue weighted by Crippen LogP contribution is 2.13. The van der Waals surface area contributed by atoms with Crippen molar-refractivity contribution in [2.24, 2.45) is 0 Å². The molecule has 30 heavy (non-hydrogen) atoms. The van der Waals surface area contributed by atoms with Gasteiger partial charge in [-0.15, -0.1) is 11.3 Å². The smallest absolute Gasteiger partial charge is 0.336 e. The molecule has 0 unspecified atom stereocenters. The summed E-state index contributed by atoms with van der Waals surface area (Å²) in [7, 11) is 0. The molecule has 0 aliphatic carbocycles. The molecule has 2 heterocycles. The Morgan fingerprint density at radius 1 is 0.933 bits per heavy atom. The van der Waals surface area contributed by atoms with Crippen LogP contribution in [0.5, 0.6) is 0 Å². The van der Waals surface area contributed by atoms with Crippen molar-refractivity contribution in [3.8, 4) is 5.69 Å². The average molecular weight is 420 g/mol. The largest absolute Gasteiger partial charge is 0.368 e. The van der Waals surface area contributed by atoms with Crippen molar-refractivity contribution in [2.45, 2.75) is 19.5 Å². The number of carbonyl (C=O) groups excluding carboxylic acids is 1. The SMILES string of the molecule is O=C(Cn1nnn(-c2ccccc2)c1=O)N(CCc1ccccc1)Cc1cccs1. The highest BCUT2D eigenvalue weighted by atomic mass is 32.1. The molecule has 0 atom stereocenters. The van der Waals surface area contributed by atoms with E-state index >= 15 is 0 Å². The van der Waals surface area contributed by atoms with Crippen LogP contribution in [-0.4, -0.2) is 37.1 Å². The molecule has 2 aromatic carbocycles. The third-order valence-corrected chi connectivity index (χ3v) is 5.58. The van der Waals surface area contributed by atoms with Gasteiger partial charge in [-0.2, -0.15) is 9.36 Å². The molecule has 0 aliphatic heterocycles. The lowest BCUT2D eigenvalue weighted by atomic mass is 10.1. The van der Waals surface area contributed by atoms with Crippen LogP contribution in [0.25, 0.3) is 5.69 Å². The second-order valence-electron chi connectivity index (χ2n) is 6.80. The summed E-state index contributed by atoms with van der Waals surface area (Å²) in [6.07, 6.45) is 0.740. The number of benzene rings is 2. The molecule has 7 nitrogen and oxygen atoms in total. The zero-order valence-corrected chi connectivity index (χ0v) is 17.1. The maximum atomic E-state index is 13.1. The number of nitrogens with zero attached hydrogens (tertiary/aromatic N) is 5. The predicted octanol–water partition coefficient (Wildman–Crippen LogP) is 2.76. The Kier molecular flexibility index (Phi) is 6.14. The minimum Gasteiger partial charge on any atom is -0.336 e. The highest BCUT2D eigenvalue weighted by Gasteiger charge is 2.18. The van der Waals surface area contributed by atoms with E-state index in [0.717, 1.165) is 21.5 Å². The first-order valence-electron chi connectivity index (χ1n) is 9.63. The number of carbonyl (C=O) groups is 1. The molecule has 8 heteroatoms. The van der Waals surface area contributed by atoms with Crippen LogP contribution in [0.15, 0.2) is 83.0 Å². The van der Waals surface area contributed by atoms with E-state index in [2.05, 4.69) is 10.4 Å². The van der Waals surface area contributed by atoms with Crippen LogP contribution in [0.1, 0.15) is 10.4 Å². The monoisotopic (exact) mass is 419 g/mol. The molecule has 0 N–H and O–H groups in total. The first-order valence-corrected chi connectivity index (χ1v) is 10.5. The van der Waals surface area contributed by atoms with Crippen molar-refractivity contribution >= 4 is 17.2 Å². The topological polar surface area (TPSA) is 73.0 Å². The standard InChI is InChI=1S/C22H21N5O2S/c28-21(17-26-22(29)27(24-23-26)19-10-5-2-6-11-19)25(16-20-12-7-15-30-20)14-13-18-8-3-1-4-9-18/h1-12,15H,13-14,16-17H2. The first kappa shape index (κ1) is 19.8. The molecule has 1 amide bonds. The van der Waals surface area contributed by atoms with Crippen molar-refractivity contribution < 1.29 is 4.79 Å². The average Bonchev–Trinajstić information content (AvgIpc) is 3.42. The second-order valence-corrected chi connectivity index (χ2v) is 7.83. The fourth-order valence-corrected chi connectivity index (χ4v) is 3.84. The Hall–Kier alpha value is -3.52. The number of tetrazole rings is 1. The van der Waals surface area contributed by atoms with E-state index < -0.39 is 5.69 Å². The van der Waals surface area contributed by atoms with Crippen LogP contribution in [0.2, 0.25) is 0 Å². The van der Waals surface area contributed by atoms with Gasteiger partial charge in [0.1, 0.15) is 6.54 Å². The fourth-order valence-electron chi connectivity index (χ4n) is 3.12. The van der Waals surface area contributed by atoms with Gasteiger partial charge in [0.05, 0.1) is 12.2 Å². The number of amides is 1. The number of hydrogen-bond acceptors (Lipinski definition) is 5. The number of thiophene rings is 1. The molecule has 0 saturated heterocycles. The zero-order chi connectivity index (χ0) is 20.8. The van der Waals surface area contributed by atoms with Gasteiger partial charge in [0.2, 0.25) is 5.91 Å². The minimum atomic E-state index is -0.436. The molecular formula is C22H21N5O2S. The molecule has 2 aromatic heterocycles. The summed E-state index contributed by atoms with van der Waals surface area (Å²) in [5.41, 5.74) is 1.34. The van der Waals surface area contributed by atoms with Gasteiger partial charge in [-0.1, -0.05) is 54.6 Å². The van der Waals surface area contributed by atoms with Gasteiger partial charge in [0, 0.05) is 11.4 Å². The maximum absolute atomic E-state index is 13.1. The Bertz CT molecular complexity index is 1140. The highest BCUT2D eigenvalue weighted by molar-refractivity contribution is 7.09. The maximum Gasteiger partial charge on any atom is 0.368 e. The third kappa shape index (κ3) is 4.72. The molecule has 0 saturated carbocycles. The summed E-state index contributed by atoms with van der Waals surface area (Å²) in [5, 5.41) is 9.81. The summed E-state index contributed by atoms with van der Waals surface area (Å²) in [5.74, 6) is -0.165. The van der Waals surface area contributed by atoms with Gasteiger partial charge >= 0.3 is 5.69 Å². The Balaban J connectivity index is 1.50. The molecule has 4 rings (SSSR count). The van der Waals surface area contributed by atoms with Crippen LogP contribution in [-0.2, 0) is 24.3 Å². The molecule has 0 aliphatic rings. The second kappa shape index (κ2) is 9.32. The van der Waals surface area contributed by atoms with Crippen LogP contribution < -0.4 is 5.69 Å². The first-order chi connectivity index (χ1) is 14.7. The zero-order valence-electron chi connectivity index (χ0n) is 16.3. The molecule has 0 fully saturated rings. The number of hydrogen-bond donors (Lipinski definition) is 0. The van der Waals surface area contributed by atoms with E-state index in [0.29, 0.717) is 18.8 Å². The normalized spacial score (nSPS) is 10.8. The van der Waals surface area contributed by atoms with Crippen LogP contribution in [0.3, 0.4) is 0 Å². The summed E-state index contributed by atoms with van der Waals surface area (Å²) < 4.78 is 2.31. The molecule has 0 bridgehead atoms. The van der Waals surface area contributed by atoms with Gasteiger partial charge in [-0.05, 0) is 46.0 Å². The lowest BCUT2D eigenvalue weighted by Gasteiger charge is -2.22. The van der Waals surface area contributed by atoms with Gasteiger partial charge in [-0.25, -0.2) is 4.79 Å². The van der Waals surface area contributed by atoms with E-state index in [1.165, 1.54) is 4.68 Å². The van der Waals surface area contributed by atoms with E-state index in [1.54, 1.807) is 28.4 Å². The molecule has 0 radical (unpaired) electrons. The van der Waals surface area contributed by atoms with Crippen LogP contribution in [0, 0.1) is 0 Å². The minimum absolute atomic E-state index is 0.147. The van der Waals surface area contributed by atoms with Crippen LogP contribution >= 0.6 is 11.3 Å². The summed E-state index contributed by atoms with van der Waals surface area (Å²) in [6, 6.07) is 23.0. The summed E-state index contributed by atoms with van der Waals surface area (Å²) in [6.45, 7) is 0.916. The van der Waals surface area contributed by atoms with E-state index in [-0.39, 0.29) is 12.5 Å². The van der Waals surface area contributed by atoms with Crippen molar-refractivity contribution in [3.05, 3.63) is 99.1 Å². The number of para-hydroxylation sites is 1. The Morgan fingerprint density at radius 3 is 2.37 bits per heavy atom. The van der Waals surface area contributed by atoms with Crippen molar-refractivity contribution in [1.82, 2.24) is 24.7 Å².